The largest absolute Gasteiger partial charge is 0.403 e. The molecule has 0 saturated carbocycles. The number of benzene rings is 1. The Kier molecular flexibility index (Phi) is 16.3. The van der Waals surface area contributed by atoms with Crippen LogP contribution in [0.5, 0.6) is 0 Å². The van der Waals surface area contributed by atoms with Crippen LogP contribution >= 0.6 is 11.6 Å². The molecule has 0 bridgehead atoms. The Labute approximate surface area is 206 Å². The number of rotatable bonds is 18. The van der Waals surface area contributed by atoms with Gasteiger partial charge in [-0.2, -0.15) is 0 Å². The first-order chi connectivity index (χ1) is 16.0. The summed E-state index contributed by atoms with van der Waals surface area (Å²) in [5, 5.41) is 0.476. The third-order valence-electron chi connectivity index (χ3n) is 5.78. The second kappa shape index (κ2) is 18.5. The molecule has 1 unspecified atom stereocenters. The molecule has 0 aliphatic rings. The summed E-state index contributed by atoms with van der Waals surface area (Å²) in [6.07, 6.45) is 16.5. The van der Waals surface area contributed by atoms with Crippen LogP contribution in [0.3, 0.4) is 0 Å². The third kappa shape index (κ3) is 14.7. The lowest BCUT2D eigenvalue weighted by Gasteiger charge is -2.15. The Bertz CT molecular complexity index is 770. The molecule has 0 aliphatic carbocycles. The molecule has 0 radical (unpaired) electrons. The molecule has 184 valence electrons. The molecule has 2 N–H and O–H groups in total. The predicted molar refractivity (Wildman–Crippen MR) is 144 cm³/mol. The zero-order valence-electron chi connectivity index (χ0n) is 20.7. The highest BCUT2D eigenvalue weighted by atomic mass is 35.5. The molecule has 3 nitrogen and oxygen atoms in total. The number of nitrogens with two attached hydrogens (primary N) is 1. The van der Waals surface area contributed by atoms with E-state index < -0.39 is 0 Å². The van der Waals surface area contributed by atoms with Crippen molar-refractivity contribution in [2.75, 3.05) is 13.1 Å². The van der Waals surface area contributed by atoms with Gasteiger partial charge in [-0.1, -0.05) is 68.3 Å². The lowest BCUT2D eigenvalue weighted by molar-refractivity contribution is 0.396. The monoisotopic (exact) mass is 475 g/mol. The minimum Gasteiger partial charge on any atom is -0.403 e. The second-order valence-corrected chi connectivity index (χ2v) is 9.35. The van der Waals surface area contributed by atoms with Gasteiger partial charge in [0.15, 0.2) is 0 Å². The van der Waals surface area contributed by atoms with Gasteiger partial charge in [0.05, 0.1) is 5.03 Å². The Hall–Kier alpha value is -1.94. The molecule has 1 atom stereocenters. The average molecular weight is 476 g/mol. The van der Waals surface area contributed by atoms with Crippen LogP contribution in [0.15, 0.2) is 51.6 Å². The van der Waals surface area contributed by atoms with Crippen LogP contribution in [0.25, 0.3) is 0 Å². The molecule has 1 aromatic rings. The maximum Gasteiger partial charge on any atom is 0.127 e. The molecule has 0 fully saturated rings. The normalized spacial score (nSPS) is 13.3. The van der Waals surface area contributed by atoms with Gasteiger partial charge in [-0.25, -0.2) is 4.39 Å². The summed E-state index contributed by atoms with van der Waals surface area (Å²) in [5.41, 5.74) is 8.33. The van der Waals surface area contributed by atoms with Crippen LogP contribution < -0.4 is 5.73 Å². The fourth-order valence-electron chi connectivity index (χ4n) is 3.78. The van der Waals surface area contributed by atoms with Gasteiger partial charge in [-0.3, -0.25) is 9.98 Å². The van der Waals surface area contributed by atoms with E-state index in [4.69, 9.17) is 17.3 Å². The summed E-state index contributed by atoms with van der Waals surface area (Å²) in [5.74, 6) is 0.557. The Morgan fingerprint density at radius 1 is 1.12 bits per heavy atom. The van der Waals surface area contributed by atoms with Crippen LogP contribution in [0.2, 0.25) is 0 Å². The van der Waals surface area contributed by atoms with Crippen molar-refractivity contribution in [1.82, 2.24) is 0 Å². The zero-order valence-corrected chi connectivity index (χ0v) is 21.4. The molecule has 0 amide bonds. The molecule has 1 rings (SSSR count). The molecular formula is C28H43ClFN3. The number of hydrogen-bond donors (Lipinski definition) is 1. The quantitative estimate of drug-likeness (QED) is 0.131. The average Bonchev–Trinajstić information content (AvgIpc) is 2.80. The Morgan fingerprint density at radius 3 is 2.61 bits per heavy atom. The molecule has 0 spiro atoms. The number of allylic oxidation sites excluding steroid dienone is 2. The van der Waals surface area contributed by atoms with Crippen LogP contribution in [0.4, 0.5) is 4.39 Å². The van der Waals surface area contributed by atoms with E-state index in [1.165, 1.54) is 37.5 Å². The first-order valence-corrected chi connectivity index (χ1v) is 12.8. The van der Waals surface area contributed by atoms with Gasteiger partial charge in [0, 0.05) is 38.1 Å². The number of nitrogens with zero attached hydrogens (tertiary/aromatic N) is 2. The van der Waals surface area contributed by atoms with Crippen molar-refractivity contribution in [3.8, 4) is 0 Å². The molecule has 1 aromatic carbocycles. The standard InChI is InChI=1S/C28H43ClFN3/c1-4-5-10-24(15-18-33-22-27(29)21-31)11-6-7-12-25-13-14-26(28(30)20-25)16-19-32-17-8-9-23(2)3/h13-14,19-22,24H,2,4-12,15-18,31H2,1,3H3/b27-21+,32-19+,33-22-. The maximum absolute atomic E-state index is 14.5. The fourth-order valence-corrected chi connectivity index (χ4v) is 3.85. The number of unbranched alkanes of at least 4 members (excludes halogenated alkanes) is 2. The fraction of sp³-hybridized carbons (Fsp3) is 0.571. The van der Waals surface area contributed by atoms with Crippen LogP contribution in [0, 0.1) is 11.7 Å². The summed E-state index contributed by atoms with van der Waals surface area (Å²) < 4.78 is 14.5. The van der Waals surface area contributed by atoms with Gasteiger partial charge in [0.1, 0.15) is 5.82 Å². The molecule has 0 saturated heterocycles. The first-order valence-electron chi connectivity index (χ1n) is 12.4. The SMILES string of the molecule is C=C(C)CCC/N=C/Cc1ccc(CCCCC(CCCC)CC/N=C\C(Cl)=C/N)cc1F. The van der Waals surface area contributed by atoms with E-state index in [-0.39, 0.29) is 5.82 Å². The third-order valence-corrected chi connectivity index (χ3v) is 6.01. The minimum absolute atomic E-state index is 0.121. The summed E-state index contributed by atoms with van der Waals surface area (Å²) >= 11 is 5.85. The highest BCUT2D eigenvalue weighted by molar-refractivity contribution is 6.39. The molecular weight excluding hydrogens is 433 g/mol. The van der Waals surface area contributed by atoms with Crippen LogP contribution in [0.1, 0.15) is 82.8 Å². The number of hydrogen-bond acceptors (Lipinski definition) is 3. The van der Waals surface area contributed by atoms with E-state index in [2.05, 4.69) is 29.6 Å². The summed E-state index contributed by atoms with van der Waals surface area (Å²) in [6.45, 7) is 9.71. The van der Waals surface area contributed by atoms with Crippen molar-refractivity contribution in [2.45, 2.75) is 84.5 Å². The lowest BCUT2D eigenvalue weighted by Crippen LogP contribution is -2.04. The Morgan fingerprint density at radius 2 is 1.91 bits per heavy atom. The van der Waals surface area contributed by atoms with E-state index >= 15 is 0 Å². The first kappa shape index (κ1) is 29.1. The van der Waals surface area contributed by atoms with Crippen molar-refractivity contribution in [2.24, 2.45) is 21.6 Å². The minimum atomic E-state index is -0.121. The highest BCUT2D eigenvalue weighted by Crippen LogP contribution is 2.21. The maximum atomic E-state index is 14.5. The van der Waals surface area contributed by atoms with Crippen molar-refractivity contribution < 1.29 is 4.39 Å². The number of halogens is 2. The van der Waals surface area contributed by atoms with E-state index in [0.29, 0.717) is 22.9 Å². The zero-order chi connectivity index (χ0) is 24.3. The summed E-state index contributed by atoms with van der Waals surface area (Å²) in [6, 6.07) is 5.67. The predicted octanol–water partition coefficient (Wildman–Crippen LogP) is 7.81. The highest BCUT2D eigenvalue weighted by Gasteiger charge is 2.08. The van der Waals surface area contributed by atoms with Gasteiger partial charge in [-0.05, 0) is 62.1 Å². The molecule has 0 heterocycles. The number of aliphatic imine (C=N–C) groups is 2. The Balaban J connectivity index is 2.38. The van der Waals surface area contributed by atoms with Crippen molar-refractivity contribution in [1.29, 1.82) is 0 Å². The van der Waals surface area contributed by atoms with Gasteiger partial charge < -0.3 is 5.73 Å². The van der Waals surface area contributed by atoms with Gasteiger partial charge in [-0.15, -0.1) is 6.58 Å². The lowest BCUT2D eigenvalue weighted by atomic mass is 9.92. The topological polar surface area (TPSA) is 50.7 Å². The van der Waals surface area contributed by atoms with Crippen molar-refractivity contribution in [3.05, 3.63) is 58.5 Å². The molecule has 33 heavy (non-hydrogen) atoms. The molecule has 0 aliphatic heterocycles. The van der Waals surface area contributed by atoms with E-state index in [0.717, 1.165) is 57.2 Å². The second-order valence-electron chi connectivity index (χ2n) is 8.91. The van der Waals surface area contributed by atoms with Gasteiger partial charge in [0.2, 0.25) is 0 Å². The molecule has 0 aromatic heterocycles. The smallest absolute Gasteiger partial charge is 0.127 e. The van der Waals surface area contributed by atoms with E-state index in [1.54, 1.807) is 12.3 Å². The van der Waals surface area contributed by atoms with Crippen LogP contribution in [-0.4, -0.2) is 25.5 Å². The summed E-state index contributed by atoms with van der Waals surface area (Å²) in [4.78, 5) is 8.75. The van der Waals surface area contributed by atoms with Crippen molar-refractivity contribution >= 4 is 24.0 Å². The van der Waals surface area contributed by atoms with Crippen LogP contribution in [-0.2, 0) is 12.8 Å². The summed E-state index contributed by atoms with van der Waals surface area (Å²) in [7, 11) is 0. The van der Waals surface area contributed by atoms with E-state index in [1.807, 2.05) is 19.2 Å². The van der Waals surface area contributed by atoms with Gasteiger partial charge in [0.25, 0.3) is 0 Å². The van der Waals surface area contributed by atoms with Crippen molar-refractivity contribution in [3.63, 3.8) is 0 Å². The van der Waals surface area contributed by atoms with Gasteiger partial charge >= 0.3 is 0 Å². The van der Waals surface area contributed by atoms with E-state index in [9.17, 15) is 4.39 Å². The molecule has 5 heteroatoms. The number of aryl methyl sites for hydroxylation is 1.